The summed E-state index contributed by atoms with van der Waals surface area (Å²) in [6.07, 6.45) is 1.43. The number of hydrogen-bond acceptors (Lipinski definition) is 4. The molecule has 0 bridgehead atoms. The average Bonchev–Trinajstić information content (AvgIpc) is 3.26. The summed E-state index contributed by atoms with van der Waals surface area (Å²) in [6, 6.07) is 13.8. The minimum absolute atomic E-state index is 0.0735. The van der Waals surface area contributed by atoms with Gasteiger partial charge in [0, 0.05) is 13.0 Å². The van der Waals surface area contributed by atoms with Crippen LogP contribution in [0.25, 0.3) is 15.7 Å². The molecule has 0 unspecified atom stereocenters. The number of fused-ring (bicyclic) bond motifs is 3. The number of amides is 1. The van der Waals surface area contributed by atoms with Gasteiger partial charge < -0.3 is 5.32 Å². The van der Waals surface area contributed by atoms with Crippen LogP contribution in [-0.2, 0) is 24.2 Å². The minimum Gasteiger partial charge on any atom is -0.354 e. The van der Waals surface area contributed by atoms with Crippen LogP contribution < -0.4 is 10.9 Å². The van der Waals surface area contributed by atoms with Crippen LogP contribution >= 0.6 is 11.3 Å². The van der Waals surface area contributed by atoms with Gasteiger partial charge in [-0.25, -0.2) is 4.68 Å². The van der Waals surface area contributed by atoms with E-state index in [4.69, 9.17) is 0 Å². The first-order valence-electron chi connectivity index (χ1n) is 8.96. The topological polar surface area (TPSA) is 68.4 Å². The SMILES string of the molecule is CCc1nn(CC(=O)NCCc2ccccc2)c(=O)c2cc3sccc3n12. The number of thiophene rings is 1. The number of hydrogen-bond donors (Lipinski definition) is 1. The molecule has 4 rings (SSSR count). The number of nitrogens with zero attached hydrogens (tertiary/aromatic N) is 3. The zero-order valence-corrected chi connectivity index (χ0v) is 15.8. The van der Waals surface area contributed by atoms with Crippen LogP contribution in [-0.4, -0.2) is 26.6 Å². The molecule has 0 radical (unpaired) electrons. The van der Waals surface area contributed by atoms with E-state index in [-0.39, 0.29) is 18.0 Å². The van der Waals surface area contributed by atoms with Gasteiger partial charge in [0.15, 0.2) is 0 Å². The summed E-state index contributed by atoms with van der Waals surface area (Å²) < 4.78 is 4.22. The number of rotatable bonds is 6. The van der Waals surface area contributed by atoms with Crippen LogP contribution in [0.15, 0.2) is 52.6 Å². The van der Waals surface area contributed by atoms with E-state index in [1.165, 1.54) is 4.68 Å². The van der Waals surface area contributed by atoms with Gasteiger partial charge >= 0.3 is 0 Å². The second-order valence-corrected chi connectivity index (χ2v) is 7.30. The lowest BCUT2D eigenvalue weighted by Gasteiger charge is -2.10. The third-order valence-electron chi connectivity index (χ3n) is 4.56. The maximum Gasteiger partial charge on any atom is 0.291 e. The van der Waals surface area contributed by atoms with E-state index in [0.717, 1.165) is 28.0 Å². The normalized spacial score (nSPS) is 11.3. The van der Waals surface area contributed by atoms with Gasteiger partial charge in [-0.1, -0.05) is 37.3 Å². The molecule has 0 fully saturated rings. The summed E-state index contributed by atoms with van der Waals surface area (Å²) in [5.74, 6) is 0.565. The highest BCUT2D eigenvalue weighted by Gasteiger charge is 2.15. The molecule has 138 valence electrons. The molecule has 1 aromatic carbocycles. The Morgan fingerprint density at radius 1 is 1.19 bits per heavy atom. The van der Waals surface area contributed by atoms with Crippen LogP contribution in [0, 0.1) is 0 Å². The Morgan fingerprint density at radius 2 is 2.00 bits per heavy atom. The second-order valence-electron chi connectivity index (χ2n) is 6.35. The monoisotopic (exact) mass is 380 g/mol. The molecule has 4 aromatic rings. The van der Waals surface area contributed by atoms with Crippen LogP contribution in [0.5, 0.6) is 0 Å². The molecule has 0 spiro atoms. The first-order valence-corrected chi connectivity index (χ1v) is 9.84. The van der Waals surface area contributed by atoms with Crippen molar-refractivity contribution in [1.29, 1.82) is 0 Å². The molecule has 1 amide bonds. The Morgan fingerprint density at radius 3 is 2.78 bits per heavy atom. The Labute approximate surface area is 160 Å². The third kappa shape index (κ3) is 3.38. The van der Waals surface area contributed by atoms with Crippen molar-refractivity contribution in [3.63, 3.8) is 0 Å². The van der Waals surface area contributed by atoms with Crippen molar-refractivity contribution >= 4 is 33.0 Å². The fourth-order valence-electron chi connectivity index (χ4n) is 3.24. The number of carbonyl (C=O) groups excluding carboxylic acids is 1. The van der Waals surface area contributed by atoms with Crippen molar-refractivity contribution in [3.8, 4) is 0 Å². The average molecular weight is 380 g/mol. The largest absolute Gasteiger partial charge is 0.354 e. The van der Waals surface area contributed by atoms with Gasteiger partial charge in [-0.2, -0.15) is 5.10 Å². The number of carbonyl (C=O) groups is 1. The van der Waals surface area contributed by atoms with Crippen molar-refractivity contribution in [2.24, 2.45) is 0 Å². The maximum absolute atomic E-state index is 12.8. The van der Waals surface area contributed by atoms with Crippen LogP contribution in [0.4, 0.5) is 0 Å². The van der Waals surface area contributed by atoms with E-state index in [2.05, 4.69) is 10.4 Å². The molecule has 0 saturated heterocycles. The van der Waals surface area contributed by atoms with Gasteiger partial charge in [-0.05, 0) is 29.5 Å². The number of nitrogens with one attached hydrogen (secondary N) is 1. The molecule has 3 aromatic heterocycles. The minimum atomic E-state index is -0.242. The van der Waals surface area contributed by atoms with E-state index in [9.17, 15) is 9.59 Å². The molecular weight excluding hydrogens is 360 g/mol. The van der Waals surface area contributed by atoms with Crippen molar-refractivity contribution in [2.75, 3.05) is 6.54 Å². The molecule has 6 nitrogen and oxygen atoms in total. The predicted molar refractivity (Wildman–Crippen MR) is 107 cm³/mol. The molecule has 0 saturated carbocycles. The van der Waals surface area contributed by atoms with E-state index >= 15 is 0 Å². The summed E-state index contributed by atoms with van der Waals surface area (Å²) >= 11 is 1.59. The lowest BCUT2D eigenvalue weighted by molar-refractivity contribution is -0.121. The quantitative estimate of drug-likeness (QED) is 0.559. The standard InChI is InChI=1S/C20H20N4O2S/c1-2-18-22-23(13-19(25)21-10-8-14-6-4-3-5-7-14)20(26)16-12-17-15(24(16)18)9-11-27-17/h3-7,9,11-12H,2,8,10,13H2,1H3,(H,21,25). The molecule has 27 heavy (non-hydrogen) atoms. The summed E-state index contributed by atoms with van der Waals surface area (Å²) in [5, 5.41) is 9.31. The molecular formula is C20H20N4O2S. The van der Waals surface area contributed by atoms with E-state index in [0.29, 0.717) is 18.5 Å². The second kappa shape index (κ2) is 7.36. The summed E-state index contributed by atoms with van der Waals surface area (Å²) in [6.45, 7) is 2.45. The van der Waals surface area contributed by atoms with Gasteiger partial charge in [-0.15, -0.1) is 11.3 Å². The molecule has 0 aliphatic carbocycles. The maximum atomic E-state index is 12.8. The van der Waals surface area contributed by atoms with Gasteiger partial charge in [0.1, 0.15) is 17.9 Å². The first-order chi connectivity index (χ1) is 13.2. The van der Waals surface area contributed by atoms with Crippen molar-refractivity contribution in [2.45, 2.75) is 26.3 Å². The molecule has 0 aliphatic heterocycles. The van der Waals surface area contributed by atoms with Crippen LogP contribution in [0.3, 0.4) is 0 Å². The summed E-state index contributed by atoms with van der Waals surface area (Å²) in [7, 11) is 0. The highest BCUT2D eigenvalue weighted by molar-refractivity contribution is 7.17. The Hall–Kier alpha value is -2.93. The summed E-state index contributed by atoms with van der Waals surface area (Å²) in [4.78, 5) is 25.1. The fraction of sp³-hybridized carbons (Fsp3) is 0.250. The van der Waals surface area contributed by atoms with Gasteiger partial charge in [0.2, 0.25) is 5.91 Å². The Kier molecular flexibility index (Phi) is 4.77. The van der Waals surface area contributed by atoms with Crippen molar-refractivity contribution < 1.29 is 4.79 Å². The zero-order chi connectivity index (χ0) is 18.8. The lowest BCUT2D eigenvalue weighted by atomic mass is 10.1. The number of benzene rings is 1. The van der Waals surface area contributed by atoms with Gasteiger partial charge in [-0.3, -0.25) is 14.0 Å². The Bertz CT molecular complexity index is 1160. The van der Waals surface area contributed by atoms with Crippen LogP contribution in [0.1, 0.15) is 18.3 Å². The fourth-order valence-corrected chi connectivity index (χ4v) is 4.04. The van der Waals surface area contributed by atoms with Crippen LogP contribution in [0.2, 0.25) is 0 Å². The van der Waals surface area contributed by atoms with Gasteiger partial charge in [0.25, 0.3) is 5.56 Å². The van der Waals surface area contributed by atoms with E-state index in [1.54, 1.807) is 11.3 Å². The highest BCUT2D eigenvalue weighted by atomic mass is 32.1. The number of aryl methyl sites for hydroxylation is 1. The molecule has 0 atom stereocenters. The third-order valence-corrected chi connectivity index (χ3v) is 5.41. The number of aromatic nitrogens is 3. The summed E-state index contributed by atoms with van der Waals surface area (Å²) in [5.41, 5.74) is 2.49. The molecule has 0 aliphatic rings. The Balaban J connectivity index is 1.54. The molecule has 1 N–H and O–H groups in total. The van der Waals surface area contributed by atoms with E-state index in [1.807, 2.05) is 59.2 Å². The smallest absolute Gasteiger partial charge is 0.291 e. The van der Waals surface area contributed by atoms with Gasteiger partial charge in [0.05, 0.1) is 10.2 Å². The molecule has 7 heteroatoms. The molecule has 3 heterocycles. The zero-order valence-electron chi connectivity index (χ0n) is 15.0. The van der Waals surface area contributed by atoms with Crippen molar-refractivity contribution in [1.82, 2.24) is 19.5 Å². The predicted octanol–water partition coefficient (Wildman–Crippen LogP) is 2.63. The van der Waals surface area contributed by atoms with E-state index < -0.39 is 0 Å². The highest BCUT2D eigenvalue weighted by Crippen LogP contribution is 2.24. The lowest BCUT2D eigenvalue weighted by Crippen LogP contribution is -2.36. The first kappa shape index (κ1) is 17.5. The van der Waals surface area contributed by atoms with Crippen molar-refractivity contribution in [3.05, 3.63) is 69.6 Å².